The van der Waals surface area contributed by atoms with Gasteiger partial charge in [-0.15, -0.1) is 24.0 Å². The van der Waals surface area contributed by atoms with Gasteiger partial charge < -0.3 is 16.0 Å². The quantitative estimate of drug-likeness (QED) is 0.350. The van der Waals surface area contributed by atoms with Crippen molar-refractivity contribution in [2.75, 3.05) is 26.2 Å². The first-order valence-electron chi connectivity index (χ1n) is 9.40. The molecule has 1 saturated heterocycles. The third-order valence-electron chi connectivity index (χ3n) is 4.87. The van der Waals surface area contributed by atoms with Crippen LogP contribution >= 0.6 is 35.6 Å². The topological polar surface area (TPSA) is 70.7 Å². The molecule has 1 unspecified atom stereocenters. The van der Waals surface area contributed by atoms with Crippen LogP contribution < -0.4 is 11.1 Å². The van der Waals surface area contributed by atoms with Gasteiger partial charge in [-0.3, -0.25) is 9.79 Å². The number of guanidine groups is 1. The first kappa shape index (κ1) is 24.0. The highest BCUT2D eigenvalue weighted by Gasteiger charge is 2.26. The first-order valence-corrected chi connectivity index (χ1v) is 9.78. The molecule has 1 aromatic carbocycles. The van der Waals surface area contributed by atoms with Crippen LogP contribution in [0.3, 0.4) is 0 Å². The highest BCUT2D eigenvalue weighted by molar-refractivity contribution is 14.0. The molecule has 0 radical (unpaired) electrons. The van der Waals surface area contributed by atoms with Crippen molar-refractivity contribution < 1.29 is 4.79 Å². The third kappa shape index (κ3) is 7.14. The lowest BCUT2D eigenvalue weighted by Gasteiger charge is -2.35. The number of halogens is 2. The van der Waals surface area contributed by atoms with Crippen LogP contribution in [0.2, 0.25) is 5.02 Å². The molecule has 1 atom stereocenters. The maximum atomic E-state index is 11.3. The number of primary amides is 1. The number of carbonyl (C=O) groups excluding carboxylic acids is 1. The van der Waals surface area contributed by atoms with Crippen LogP contribution in [-0.2, 0) is 10.2 Å². The molecule has 1 fully saturated rings. The molecule has 1 amide bonds. The van der Waals surface area contributed by atoms with Gasteiger partial charge in [0.2, 0.25) is 5.91 Å². The van der Waals surface area contributed by atoms with Gasteiger partial charge in [-0.2, -0.15) is 0 Å². The van der Waals surface area contributed by atoms with Gasteiger partial charge in [-0.25, -0.2) is 0 Å². The van der Waals surface area contributed by atoms with Crippen LogP contribution in [-0.4, -0.2) is 42.9 Å². The number of amides is 1. The minimum Gasteiger partial charge on any atom is -0.370 e. The highest BCUT2D eigenvalue weighted by Crippen LogP contribution is 2.30. The van der Waals surface area contributed by atoms with Gasteiger partial charge >= 0.3 is 0 Å². The summed E-state index contributed by atoms with van der Waals surface area (Å²) in [7, 11) is 0. The Kier molecular flexibility index (Phi) is 9.87. The number of likely N-dealkylation sites (tertiary alicyclic amines) is 1. The number of nitrogens with zero attached hydrogens (tertiary/aromatic N) is 2. The summed E-state index contributed by atoms with van der Waals surface area (Å²) in [6.45, 7) is 9.60. The molecule has 27 heavy (non-hydrogen) atoms. The van der Waals surface area contributed by atoms with Crippen molar-refractivity contribution in [2.24, 2.45) is 16.6 Å². The fourth-order valence-corrected chi connectivity index (χ4v) is 3.89. The van der Waals surface area contributed by atoms with Crippen molar-refractivity contribution in [3.63, 3.8) is 0 Å². The summed E-state index contributed by atoms with van der Waals surface area (Å²) in [4.78, 5) is 18.4. The van der Waals surface area contributed by atoms with Crippen molar-refractivity contribution >= 4 is 47.4 Å². The second-order valence-corrected chi connectivity index (χ2v) is 8.07. The van der Waals surface area contributed by atoms with Crippen molar-refractivity contribution in [1.82, 2.24) is 10.2 Å². The van der Waals surface area contributed by atoms with Crippen LogP contribution in [0.4, 0.5) is 0 Å². The standard InChI is InChI=1S/C20H31ClN4O.HI/c1-4-23-19(25-11-7-8-15(13-25)12-18(22)26)24-14-20(2,3)16-9-5-6-10-17(16)21;/h5-6,9-10,15H,4,7-8,11-14H2,1-3H3,(H2,22,26)(H,23,24);1H. The maximum absolute atomic E-state index is 11.3. The molecule has 3 N–H and O–H groups in total. The predicted molar refractivity (Wildman–Crippen MR) is 124 cm³/mol. The molecular formula is C20H32ClIN4O. The number of rotatable bonds is 6. The van der Waals surface area contributed by atoms with E-state index in [0.717, 1.165) is 49.0 Å². The zero-order valence-electron chi connectivity index (χ0n) is 16.5. The molecule has 1 aliphatic rings. The number of carbonyl (C=O) groups is 1. The van der Waals surface area contributed by atoms with Crippen molar-refractivity contribution in [3.8, 4) is 0 Å². The minimum absolute atomic E-state index is 0. The summed E-state index contributed by atoms with van der Waals surface area (Å²) in [6, 6.07) is 7.94. The molecule has 5 nitrogen and oxygen atoms in total. The normalized spacial score (nSPS) is 18.0. The molecule has 1 aromatic rings. The van der Waals surface area contributed by atoms with Gasteiger partial charge in [0, 0.05) is 36.5 Å². The van der Waals surface area contributed by atoms with Crippen LogP contribution in [0.5, 0.6) is 0 Å². The van der Waals surface area contributed by atoms with Gasteiger partial charge in [-0.1, -0.05) is 43.6 Å². The predicted octanol–water partition coefficient (Wildman–Crippen LogP) is 3.79. The third-order valence-corrected chi connectivity index (χ3v) is 5.20. The summed E-state index contributed by atoms with van der Waals surface area (Å²) < 4.78 is 0. The van der Waals surface area contributed by atoms with E-state index in [2.05, 4.69) is 37.1 Å². The van der Waals surface area contributed by atoms with E-state index in [9.17, 15) is 4.79 Å². The fourth-order valence-electron chi connectivity index (χ4n) is 3.50. The van der Waals surface area contributed by atoms with E-state index < -0.39 is 0 Å². The lowest BCUT2D eigenvalue weighted by Crippen LogP contribution is -2.47. The van der Waals surface area contributed by atoms with E-state index >= 15 is 0 Å². The van der Waals surface area contributed by atoms with Crippen LogP contribution in [0.25, 0.3) is 0 Å². The molecule has 0 aliphatic carbocycles. The summed E-state index contributed by atoms with van der Waals surface area (Å²) >= 11 is 6.38. The smallest absolute Gasteiger partial charge is 0.217 e. The molecule has 0 spiro atoms. The number of nitrogens with one attached hydrogen (secondary N) is 1. The summed E-state index contributed by atoms with van der Waals surface area (Å²) in [5.41, 5.74) is 6.32. The van der Waals surface area contributed by atoms with Crippen LogP contribution in [0.15, 0.2) is 29.3 Å². The molecule has 0 aromatic heterocycles. The van der Waals surface area contributed by atoms with E-state index in [0.29, 0.717) is 18.9 Å². The lowest BCUT2D eigenvalue weighted by molar-refractivity contribution is -0.119. The number of aliphatic imine (C=N–C) groups is 1. The Labute approximate surface area is 185 Å². The molecule has 152 valence electrons. The molecule has 2 rings (SSSR count). The molecular weight excluding hydrogens is 475 g/mol. The Hall–Kier alpha value is -1.02. The van der Waals surface area contributed by atoms with E-state index in [4.69, 9.17) is 22.3 Å². The number of nitrogens with two attached hydrogens (primary N) is 1. The maximum Gasteiger partial charge on any atom is 0.217 e. The van der Waals surface area contributed by atoms with Crippen molar-refractivity contribution in [2.45, 2.75) is 45.4 Å². The Balaban J connectivity index is 0.00000364. The fraction of sp³-hybridized carbons (Fsp3) is 0.600. The zero-order chi connectivity index (χ0) is 19.2. The van der Waals surface area contributed by atoms with Gasteiger partial charge in [0.15, 0.2) is 5.96 Å². The second-order valence-electron chi connectivity index (χ2n) is 7.66. The average molecular weight is 507 g/mol. The summed E-state index contributed by atoms with van der Waals surface area (Å²) in [6.07, 6.45) is 2.54. The molecule has 0 bridgehead atoms. The summed E-state index contributed by atoms with van der Waals surface area (Å²) in [5, 5.41) is 4.17. The molecule has 7 heteroatoms. The second kappa shape index (κ2) is 11.1. The Morgan fingerprint density at radius 1 is 1.41 bits per heavy atom. The van der Waals surface area contributed by atoms with Gasteiger partial charge in [0.25, 0.3) is 0 Å². The first-order chi connectivity index (χ1) is 12.3. The van der Waals surface area contributed by atoms with Crippen LogP contribution in [0, 0.1) is 5.92 Å². The number of piperidine rings is 1. The number of benzene rings is 1. The van der Waals surface area contributed by atoms with Gasteiger partial charge in [-0.05, 0) is 37.3 Å². The monoisotopic (exact) mass is 506 g/mol. The van der Waals surface area contributed by atoms with Gasteiger partial charge in [0.05, 0.1) is 6.54 Å². The molecule has 0 saturated carbocycles. The molecule has 1 aliphatic heterocycles. The van der Waals surface area contributed by atoms with E-state index in [1.165, 1.54) is 0 Å². The molecule has 1 heterocycles. The largest absolute Gasteiger partial charge is 0.370 e. The van der Waals surface area contributed by atoms with E-state index in [-0.39, 0.29) is 35.3 Å². The Bertz CT molecular complexity index is 651. The Morgan fingerprint density at radius 2 is 2.11 bits per heavy atom. The average Bonchev–Trinajstić information content (AvgIpc) is 2.58. The van der Waals surface area contributed by atoms with Gasteiger partial charge in [0.1, 0.15) is 0 Å². The highest BCUT2D eigenvalue weighted by atomic mass is 127. The SMILES string of the molecule is CCNC(=NCC(C)(C)c1ccccc1Cl)N1CCCC(CC(N)=O)C1.I. The Morgan fingerprint density at radius 3 is 2.74 bits per heavy atom. The minimum atomic E-state index is -0.223. The number of hydrogen-bond acceptors (Lipinski definition) is 2. The van der Waals surface area contributed by atoms with Crippen LogP contribution in [0.1, 0.15) is 45.6 Å². The van der Waals surface area contributed by atoms with Crippen molar-refractivity contribution in [1.29, 1.82) is 0 Å². The lowest BCUT2D eigenvalue weighted by atomic mass is 9.85. The van der Waals surface area contributed by atoms with Crippen molar-refractivity contribution in [3.05, 3.63) is 34.9 Å². The zero-order valence-corrected chi connectivity index (χ0v) is 19.6. The van der Waals surface area contributed by atoms with E-state index in [1.807, 2.05) is 18.2 Å². The number of hydrogen-bond donors (Lipinski definition) is 2. The summed E-state index contributed by atoms with van der Waals surface area (Å²) in [5.74, 6) is 0.988. The van der Waals surface area contributed by atoms with E-state index in [1.54, 1.807) is 0 Å².